The first kappa shape index (κ1) is 16.1. The van der Waals surface area contributed by atoms with Crippen molar-refractivity contribution in [1.82, 2.24) is 14.0 Å². The average molecular weight is 365 g/mol. The Morgan fingerprint density at radius 2 is 1.89 bits per heavy atom. The van der Waals surface area contributed by atoms with Crippen LogP contribution in [-0.2, 0) is 17.9 Å². The molecule has 3 aromatic rings. The normalized spacial score (nSPS) is 21.3. The number of amides is 1. The van der Waals surface area contributed by atoms with Crippen molar-refractivity contribution in [2.45, 2.75) is 25.4 Å². The Labute approximate surface area is 154 Å². The van der Waals surface area contributed by atoms with E-state index in [4.69, 9.17) is 4.42 Å². The van der Waals surface area contributed by atoms with E-state index in [1.54, 1.807) is 30.3 Å². The van der Waals surface area contributed by atoms with Crippen molar-refractivity contribution >= 4 is 17.0 Å². The molecular formula is C20H19N3O4. The summed E-state index contributed by atoms with van der Waals surface area (Å²) in [4.78, 5) is 39.0. The highest BCUT2D eigenvalue weighted by molar-refractivity contribution is 5.79. The van der Waals surface area contributed by atoms with Crippen LogP contribution < -0.4 is 11.3 Å². The van der Waals surface area contributed by atoms with Gasteiger partial charge in [-0.3, -0.25) is 14.2 Å². The Morgan fingerprint density at radius 3 is 2.78 bits per heavy atom. The predicted octanol–water partition coefficient (Wildman–Crippen LogP) is 1.40. The van der Waals surface area contributed by atoms with Crippen molar-refractivity contribution in [3.05, 3.63) is 69.1 Å². The summed E-state index contributed by atoms with van der Waals surface area (Å²) in [6.45, 7) is 1.80. The van der Waals surface area contributed by atoms with Crippen LogP contribution in [0.3, 0.4) is 0 Å². The molecule has 1 amide bonds. The van der Waals surface area contributed by atoms with Gasteiger partial charge in [0, 0.05) is 37.3 Å². The summed E-state index contributed by atoms with van der Waals surface area (Å²) in [5, 5.41) is 0. The van der Waals surface area contributed by atoms with E-state index in [1.165, 1.54) is 4.57 Å². The molecule has 0 N–H and O–H groups in total. The van der Waals surface area contributed by atoms with Crippen LogP contribution in [0, 0.1) is 5.92 Å². The van der Waals surface area contributed by atoms with E-state index in [0.717, 1.165) is 12.1 Å². The van der Waals surface area contributed by atoms with Crippen LogP contribution in [0.15, 0.2) is 56.5 Å². The minimum absolute atomic E-state index is 0.0263. The zero-order valence-electron chi connectivity index (χ0n) is 14.7. The van der Waals surface area contributed by atoms with Gasteiger partial charge >= 0.3 is 5.76 Å². The summed E-state index contributed by atoms with van der Waals surface area (Å²) in [7, 11) is 0. The largest absolute Gasteiger partial charge is 0.420 e. The van der Waals surface area contributed by atoms with Crippen molar-refractivity contribution in [2.24, 2.45) is 5.92 Å². The number of hydrogen-bond acceptors (Lipinski definition) is 4. The van der Waals surface area contributed by atoms with E-state index in [9.17, 15) is 14.4 Å². The molecule has 1 aromatic carbocycles. The fraction of sp³-hybridized carbons (Fsp3) is 0.350. The monoisotopic (exact) mass is 365 g/mol. The highest BCUT2D eigenvalue weighted by Gasteiger charge is 2.36. The number of piperidine rings is 1. The molecule has 1 fully saturated rings. The molecule has 1 saturated heterocycles. The molecule has 5 rings (SSSR count). The first-order valence-electron chi connectivity index (χ1n) is 9.16. The molecule has 0 radical (unpaired) electrons. The maximum Gasteiger partial charge on any atom is 0.420 e. The molecule has 0 aliphatic carbocycles. The SMILES string of the molecule is O=C(Cn1c(=O)oc2ccccc21)N1C[C@H]2C[C@@H](C1)c1cccc(=O)n1C2. The average Bonchev–Trinajstić information content (AvgIpc) is 2.98. The fourth-order valence-corrected chi connectivity index (χ4v) is 4.50. The lowest BCUT2D eigenvalue weighted by Gasteiger charge is -2.42. The van der Waals surface area contributed by atoms with Gasteiger partial charge < -0.3 is 13.9 Å². The smallest absolute Gasteiger partial charge is 0.408 e. The molecule has 2 bridgehead atoms. The van der Waals surface area contributed by atoms with Gasteiger partial charge in [0.05, 0.1) is 5.52 Å². The minimum Gasteiger partial charge on any atom is -0.408 e. The Morgan fingerprint density at radius 1 is 1.04 bits per heavy atom. The van der Waals surface area contributed by atoms with Crippen LogP contribution in [0.2, 0.25) is 0 Å². The summed E-state index contributed by atoms with van der Waals surface area (Å²) in [5.74, 6) is -0.185. The van der Waals surface area contributed by atoms with E-state index in [0.29, 0.717) is 30.7 Å². The van der Waals surface area contributed by atoms with Crippen molar-refractivity contribution in [3.63, 3.8) is 0 Å². The second-order valence-electron chi connectivity index (χ2n) is 7.42. The first-order valence-corrected chi connectivity index (χ1v) is 9.16. The van der Waals surface area contributed by atoms with Gasteiger partial charge in [-0.15, -0.1) is 0 Å². The molecule has 0 unspecified atom stereocenters. The van der Waals surface area contributed by atoms with E-state index < -0.39 is 5.76 Å². The summed E-state index contributed by atoms with van der Waals surface area (Å²) in [6, 6.07) is 12.5. The van der Waals surface area contributed by atoms with Crippen LogP contribution in [0.5, 0.6) is 0 Å². The summed E-state index contributed by atoms with van der Waals surface area (Å²) in [5.41, 5.74) is 2.14. The standard InChI is InChI=1S/C20H19N3O4/c24-18-7-3-5-15-14-8-13(10-22(15)18)9-21(11-14)19(25)12-23-16-4-1-2-6-17(16)27-20(23)26/h1-7,13-14H,8-12H2/t13-,14+/m1/s1. The Hall–Kier alpha value is -3.09. The van der Waals surface area contributed by atoms with Crippen LogP contribution in [0.4, 0.5) is 0 Å². The van der Waals surface area contributed by atoms with Gasteiger partial charge in [-0.25, -0.2) is 4.79 Å². The van der Waals surface area contributed by atoms with Gasteiger partial charge in [0.25, 0.3) is 5.56 Å². The van der Waals surface area contributed by atoms with Crippen LogP contribution in [-0.4, -0.2) is 33.0 Å². The maximum absolute atomic E-state index is 12.9. The molecule has 0 saturated carbocycles. The minimum atomic E-state index is -0.515. The van der Waals surface area contributed by atoms with E-state index in [1.807, 2.05) is 21.6 Å². The third-order valence-corrected chi connectivity index (χ3v) is 5.70. The number of rotatable bonds is 2. The molecule has 2 aliphatic heterocycles. The van der Waals surface area contributed by atoms with Gasteiger partial charge in [-0.05, 0) is 30.5 Å². The van der Waals surface area contributed by atoms with E-state index in [-0.39, 0.29) is 29.8 Å². The topological polar surface area (TPSA) is 77.5 Å². The highest BCUT2D eigenvalue weighted by atomic mass is 16.4. The van der Waals surface area contributed by atoms with Crippen molar-refractivity contribution in [3.8, 4) is 0 Å². The van der Waals surface area contributed by atoms with Crippen molar-refractivity contribution in [1.29, 1.82) is 0 Å². The zero-order chi connectivity index (χ0) is 18.5. The zero-order valence-corrected chi connectivity index (χ0v) is 14.7. The Kier molecular flexibility index (Phi) is 3.56. The number of nitrogens with zero attached hydrogens (tertiary/aromatic N) is 3. The second kappa shape index (κ2) is 5.97. The lowest BCUT2D eigenvalue weighted by Crippen LogP contribution is -2.50. The molecule has 2 aliphatic rings. The highest BCUT2D eigenvalue weighted by Crippen LogP contribution is 2.35. The van der Waals surface area contributed by atoms with Gasteiger partial charge in [0.15, 0.2) is 5.58 Å². The molecular weight excluding hydrogens is 346 g/mol. The van der Waals surface area contributed by atoms with Crippen molar-refractivity contribution in [2.75, 3.05) is 13.1 Å². The number of oxazole rings is 1. The number of fused-ring (bicyclic) bond motifs is 5. The Balaban J connectivity index is 1.42. The van der Waals surface area contributed by atoms with Crippen molar-refractivity contribution < 1.29 is 9.21 Å². The Bertz CT molecular complexity index is 1160. The maximum atomic E-state index is 12.9. The van der Waals surface area contributed by atoms with Gasteiger partial charge in [-0.1, -0.05) is 18.2 Å². The second-order valence-corrected chi connectivity index (χ2v) is 7.42. The molecule has 2 aromatic heterocycles. The third kappa shape index (κ3) is 2.61. The van der Waals surface area contributed by atoms with Gasteiger partial charge in [0.1, 0.15) is 6.54 Å². The summed E-state index contributed by atoms with van der Waals surface area (Å²) in [6.07, 6.45) is 0.988. The number of carbonyl (C=O) groups excluding carboxylic acids is 1. The van der Waals surface area contributed by atoms with Gasteiger partial charge in [0.2, 0.25) is 5.91 Å². The molecule has 7 nitrogen and oxygen atoms in total. The number of pyridine rings is 1. The number of aromatic nitrogens is 2. The van der Waals surface area contributed by atoms with Gasteiger partial charge in [-0.2, -0.15) is 0 Å². The lowest BCUT2D eigenvalue weighted by atomic mass is 9.83. The van der Waals surface area contributed by atoms with E-state index >= 15 is 0 Å². The molecule has 138 valence electrons. The molecule has 4 heterocycles. The molecule has 0 spiro atoms. The number of carbonyl (C=O) groups is 1. The molecule has 27 heavy (non-hydrogen) atoms. The molecule has 2 atom stereocenters. The third-order valence-electron chi connectivity index (χ3n) is 5.70. The predicted molar refractivity (Wildman–Crippen MR) is 98.6 cm³/mol. The van der Waals surface area contributed by atoms with Crippen LogP contribution >= 0.6 is 0 Å². The number of likely N-dealkylation sites (tertiary alicyclic amines) is 1. The molecule has 7 heteroatoms. The first-order chi connectivity index (χ1) is 13.1. The summed E-state index contributed by atoms with van der Waals surface area (Å²) < 4.78 is 8.45. The summed E-state index contributed by atoms with van der Waals surface area (Å²) >= 11 is 0. The number of benzene rings is 1. The number of hydrogen-bond donors (Lipinski definition) is 0. The van der Waals surface area contributed by atoms with Crippen LogP contribution in [0.25, 0.3) is 11.1 Å². The van der Waals surface area contributed by atoms with Crippen LogP contribution in [0.1, 0.15) is 18.0 Å². The number of para-hydroxylation sites is 2. The van der Waals surface area contributed by atoms with E-state index in [2.05, 4.69) is 0 Å². The quantitative estimate of drug-likeness (QED) is 0.688. The fourth-order valence-electron chi connectivity index (χ4n) is 4.50. The lowest BCUT2D eigenvalue weighted by molar-refractivity contribution is -0.134.